The monoisotopic (exact) mass is 213 g/mol. The third-order valence-corrected chi connectivity index (χ3v) is 2.80. The summed E-state index contributed by atoms with van der Waals surface area (Å²) in [5.41, 5.74) is 3.23. The standard InChI is InChI=1S/C14H15NO/c1-2-3-4-5-14(16)12-7-6-11-8-9-15-13(11)10-12/h6-7,10,15H,4-5,8-9H2,1H3. The normalized spacial score (nSPS) is 12.3. The van der Waals surface area contributed by atoms with Gasteiger partial charge in [-0.1, -0.05) is 12.1 Å². The van der Waals surface area contributed by atoms with E-state index in [1.54, 1.807) is 6.92 Å². The second kappa shape index (κ2) is 4.85. The van der Waals surface area contributed by atoms with Crippen LogP contribution in [0.1, 0.15) is 35.7 Å². The number of anilines is 1. The van der Waals surface area contributed by atoms with Gasteiger partial charge in [0.25, 0.3) is 0 Å². The van der Waals surface area contributed by atoms with Gasteiger partial charge in [0, 0.05) is 30.6 Å². The number of hydrogen-bond donors (Lipinski definition) is 1. The second-order valence-corrected chi connectivity index (χ2v) is 3.90. The van der Waals surface area contributed by atoms with Crippen molar-refractivity contribution in [1.82, 2.24) is 0 Å². The van der Waals surface area contributed by atoms with E-state index in [2.05, 4.69) is 17.2 Å². The number of nitrogens with one attached hydrogen (secondary N) is 1. The van der Waals surface area contributed by atoms with Crippen LogP contribution >= 0.6 is 0 Å². The number of benzene rings is 1. The summed E-state index contributed by atoms with van der Waals surface area (Å²) in [6.45, 7) is 2.78. The average Bonchev–Trinajstić information content (AvgIpc) is 2.76. The molecule has 0 unspecified atom stereocenters. The number of carbonyl (C=O) groups excluding carboxylic acids is 1. The van der Waals surface area contributed by atoms with Crippen LogP contribution < -0.4 is 5.32 Å². The molecule has 0 fully saturated rings. The predicted molar refractivity (Wildman–Crippen MR) is 65.7 cm³/mol. The molecule has 1 aliphatic heterocycles. The van der Waals surface area contributed by atoms with Gasteiger partial charge in [-0.25, -0.2) is 0 Å². The molecule has 0 spiro atoms. The van der Waals surface area contributed by atoms with Gasteiger partial charge < -0.3 is 5.32 Å². The molecule has 1 aliphatic rings. The SMILES string of the molecule is CC#CCCC(=O)c1ccc2c(c1)NCC2. The van der Waals surface area contributed by atoms with Crippen molar-refractivity contribution in [2.75, 3.05) is 11.9 Å². The molecule has 1 N–H and O–H groups in total. The van der Waals surface area contributed by atoms with Gasteiger partial charge in [0.2, 0.25) is 0 Å². The minimum absolute atomic E-state index is 0.180. The van der Waals surface area contributed by atoms with Crippen molar-refractivity contribution in [3.63, 3.8) is 0 Å². The molecule has 0 bridgehead atoms. The van der Waals surface area contributed by atoms with Crippen LogP contribution in [0.3, 0.4) is 0 Å². The Bertz CT molecular complexity index is 465. The number of rotatable bonds is 3. The first kappa shape index (κ1) is 10.8. The number of hydrogen-bond acceptors (Lipinski definition) is 2. The highest BCUT2D eigenvalue weighted by Gasteiger charge is 2.12. The van der Waals surface area contributed by atoms with Gasteiger partial charge >= 0.3 is 0 Å². The fraction of sp³-hybridized carbons (Fsp3) is 0.357. The number of fused-ring (bicyclic) bond motifs is 1. The summed E-state index contributed by atoms with van der Waals surface area (Å²) in [5, 5.41) is 3.28. The minimum atomic E-state index is 0.180. The van der Waals surface area contributed by atoms with Crippen molar-refractivity contribution in [3.05, 3.63) is 29.3 Å². The van der Waals surface area contributed by atoms with Crippen LogP contribution in [0, 0.1) is 11.8 Å². The van der Waals surface area contributed by atoms with Gasteiger partial charge in [0.1, 0.15) is 0 Å². The Morgan fingerprint density at radius 3 is 3.19 bits per heavy atom. The minimum Gasteiger partial charge on any atom is -0.384 e. The maximum absolute atomic E-state index is 11.8. The lowest BCUT2D eigenvalue weighted by molar-refractivity contribution is 0.0984. The largest absolute Gasteiger partial charge is 0.384 e. The smallest absolute Gasteiger partial charge is 0.163 e. The fourth-order valence-electron chi connectivity index (χ4n) is 1.91. The number of Topliss-reactive ketones (excluding diaryl/α,β-unsaturated/α-hetero) is 1. The summed E-state index contributed by atoms with van der Waals surface area (Å²) < 4.78 is 0. The van der Waals surface area contributed by atoms with Crippen LogP contribution in [0.25, 0.3) is 0 Å². The Kier molecular flexibility index (Phi) is 3.26. The van der Waals surface area contributed by atoms with Gasteiger partial charge in [-0.05, 0) is 25.0 Å². The lowest BCUT2D eigenvalue weighted by Gasteiger charge is -2.03. The molecule has 2 rings (SSSR count). The van der Waals surface area contributed by atoms with Crippen LogP contribution in [0.4, 0.5) is 5.69 Å². The first-order chi connectivity index (χ1) is 7.81. The highest BCUT2D eigenvalue weighted by molar-refractivity contribution is 5.97. The molecular weight excluding hydrogens is 198 g/mol. The molecule has 0 aromatic heterocycles. The molecule has 0 amide bonds. The summed E-state index contributed by atoms with van der Waals surface area (Å²) in [6, 6.07) is 5.94. The molecule has 1 heterocycles. The topological polar surface area (TPSA) is 29.1 Å². The van der Waals surface area contributed by atoms with E-state index < -0.39 is 0 Å². The van der Waals surface area contributed by atoms with E-state index in [1.807, 2.05) is 18.2 Å². The Balaban J connectivity index is 2.08. The zero-order chi connectivity index (χ0) is 11.4. The van der Waals surface area contributed by atoms with Gasteiger partial charge in [-0.3, -0.25) is 4.79 Å². The molecule has 0 radical (unpaired) electrons. The van der Waals surface area contributed by atoms with E-state index >= 15 is 0 Å². The van der Waals surface area contributed by atoms with Crippen molar-refractivity contribution in [2.45, 2.75) is 26.2 Å². The van der Waals surface area contributed by atoms with Crippen LogP contribution in [0.15, 0.2) is 18.2 Å². The summed E-state index contributed by atoms with van der Waals surface area (Å²) >= 11 is 0. The molecule has 16 heavy (non-hydrogen) atoms. The van der Waals surface area contributed by atoms with Gasteiger partial charge in [0.15, 0.2) is 5.78 Å². The van der Waals surface area contributed by atoms with Crippen molar-refractivity contribution >= 4 is 11.5 Å². The van der Waals surface area contributed by atoms with Crippen molar-refractivity contribution < 1.29 is 4.79 Å². The first-order valence-electron chi connectivity index (χ1n) is 5.61. The molecular formula is C14H15NO. The molecule has 2 nitrogen and oxygen atoms in total. The predicted octanol–water partition coefficient (Wildman–Crippen LogP) is 2.64. The molecule has 82 valence electrons. The Hall–Kier alpha value is -1.75. The molecule has 2 heteroatoms. The van der Waals surface area contributed by atoms with Crippen LogP contribution in [0.2, 0.25) is 0 Å². The zero-order valence-electron chi connectivity index (χ0n) is 9.47. The fourth-order valence-corrected chi connectivity index (χ4v) is 1.91. The summed E-state index contributed by atoms with van der Waals surface area (Å²) in [7, 11) is 0. The van der Waals surface area contributed by atoms with Gasteiger partial charge in [-0.2, -0.15) is 0 Å². The second-order valence-electron chi connectivity index (χ2n) is 3.90. The third kappa shape index (κ3) is 2.25. The zero-order valence-corrected chi connectivity index (χ0v) is 9.47. The van der Waals surface area contributed by atoms with E-state index in [9.17, 15) is 4.79 Å². The molecule has 1 aromatic rings. The van der Waals surface area contributed by atoms with E-state index in [0.29, 0.717) is 12.8 Å². The maximum atomic E-state index is 11.8. The van der Waals surface area contributed by atoms with Crippen LogP contribution in [-0.4, -0.2) is 12.3 Å². The Morgan fingerprint density at radius 2 is 2.38 bits per heavy atom. The third-order valence-electron chi connectivity index (χ3n) is 2.80. The lowest BCUT2D eigenvalue weighted by Crippen LogP contribution is -1.99. The van der Waals surface area contributed by atoms with Crippen molar-refractivity contribution in [2.24, 2.45) is 0 Å². The van der Waals surface area contributed by atoms with E-state index in [-0.39, 0.29) is 5.78 Å². The van der Waals surface area contributed by atoms with Gasteiger partial charge in [-0.15, -0.1) is 11.8 Å². The highest BCUT2D eigenvalue weighted by atomic mass is 16.1. The Labute approximate surface area is 96.1 Å². The molecule has 0 aliphatic carbocycles. The molecule has 0 saturated carbocycles. The van der Waals surface area contributed by atoms with E-state index in [1.165, 1.54) is 5.56 Å². The van der Waals surface area contributed by atoms with Crippen molar-refractivity contribution in [3.8, 4) is 11.8 Å². The van der Waals surface area contributed by atoms with Crippen molar-refractivity contribution in [1.29, 1.82) is 0 Å². The number of ketones is 1. The lowest BCUT2D eigenvalue weighted by atomic mass is 10.0. The molecule has 0 atom stereocenters. The quantitative estimate of drug-likeness (QED) is 0.617. The number of carbonyl (C=O) groups is 1. The summed E-state index contributed by atoms with van der Waals surface area (Å²) in [5.74, 6) is 5.90. The van der Waals surface area contributed by atoms with E-state index in [4.69, 9.17) is 0 Å². The summed E-state index contributed by atoms with van der Waals surface area (Å²) in [6.07, 6.45) is 2.23. The molecule has 1 aromatic carbocycles. The van der Waals surface area contributed by atoms with Crippen LogP contribution in [0.5, 0.6) is 0 Å². The first-order valence-corrected chi connectivity index (χ1v) is 5.61. The Morgan fingerprint density at radius 1 is 1.50 bits per heavy atom. The summed E-state index contributed by atoms with van der Waals surface area (Å²) in [4.78, 5) is 11.8. The average molecular weight is 213 g/mol. The molecule has 0 saturated heterocycles. The van der Waals surface area contributed by atoms with Crippen LogP contribution in [-0.2, 0) is 6.42 Å². The maximum Gasteiger partial charge on any atom is 0.163 e. The highest BCUT2D eigenvalue weighted by Crippen LogP contribution is 2.23. The van der Waals surface area contributed by atoms with E-state index in [0.717, 1.165) is 24.2 Å². The van der Waals surface area contributed by atoms with Gasteiger partial charge in [0.05, 0.1) is 0 Å².